The predicted molar refractivity (Wildman–Crippen MR) is 56.4 cm³/mol. The first-order valence-corrected chi connectivity index (χ1v) is 4.80. The second kappa shape index (κ2) is 4.29. The summed E-state index contributed by atoms with van der Waals surface area (Å²) in [4.78, 5) is 0. The van der Waals surface area contributed by atoms with E-state index in [1.807, 2.05) is 12.1 Å². The van der Waals surface area contributed by atoms with E-state index in [4.69, 9.17) is 9.47 Å². The normalized spacial score (nSPS) is 18.8. The Kier molecular flexibility index (Phi) is 2.84. The highest BCUT2D eigenvalue weighted by atomic mass is 16.5. The van der Waals surface area contributed by atoms with Crippen molar-refractivity contribution in [3.05, 3.63) is 35.4 Å². The molecule has 1 aliphatic rings. The third-order valence-corrected chi connectivity index (χ3v) is 2.34. The molecule has 2 rings (SSSR count). The van der Waals surface area contributed by atoms with E-state index in [-0.39, 0.29) is 0 Å². The van der Waals surface area contributed by atoms with Crippen LogP contribution in [0.2, 0.25) is 0 Å². The summed E-state index contributed by atoms with van der Waals surface area (Å²) in [6.45, 7) is 1.65. The molecule has 0 aliphatic carbocycles. The minimum Gasteiger partial charge on any atom is -0.497 e. The van der Waals surface area contributed by atoms with E-state index >= 15 is 0 Å². The van der Waals surface area contributed by atoms with E-state index < -0.39 is 0 Å². The molecule has 0 saturated carbocycles. The van der Waals surface area contributed by atoms with Crippen LogP contribution in [0.1, 0.15) is 12.0 Å². The summed E-state index contributed by atoms with van der Waals surface area (Å²) in [6.07, 6.45) is 3.25. The molecule has 0 atom stereocenters. The Morgan fingerprint density at radius 2 is 2.07 bits per heavy atom. The van der Waals surface area contributed by atoms with Gasteiger partial charge in [0.05, 0.1) is 20.3 Å². The second-order valence-electron chi connectivity index (χ2n) is 3.38. The fourth-order valence-corrected chi connectivity index (χ4v) is 1.53. The lowest BCUT2D eigenvalue weighted by molar-refractivity contribution is 0.205. The van der Waals surface area contributed by atoms with Crippen molar-refractivity contribution in [2.24, 2.45) is 0 Å². The molecule has 1 heterocycles. The van der Waals surface area contributed by atoms with Gasteiger partial charge >= 0.3 is 0 Å². The molecule has 2 nitrogen and oxygen atoms in total. The lowest BCUT2D eigenvalue weighted by Crippen LogP contribution is -1.84. The molecular formula is C12H14O2. The molecule has 0 unspecified atom stereocenters. The average Bonchev–Trinajstić information content (AvgIpc) is 2.72. The Morgan fingerprint density at radius 3 is 2.64 bits per heavy atom. The van der Waals surface area contributed by atoms with Crippen molar-refractivity contribution in [3.8, 4) is 5.75 Å². The number of benzene rings is 1. The maximum absolute atomic E-state index is 5.28. The van der Waals surface area contributed by atoms with Gasteiger partial charge in [0.25, 0.3) is 0 Å². The predicted octanol–water partition coefficient (Wildman–Crippen LogP) is 2.50. The quantitative estimate of drug-likeness (QED) is 0.713. The molecule has 1 aliphatic heterocycles. The molecule has 0 amide bonds. The molecule has 1 saturated heterocycles. The highest BCUT2D eigenvalue weighted by molar-refractivity contribution is 5.54. The van der Waals surface area contributed by atoms with Gasteiger partial charge in [0.2, 0.25) is 0 Å². The van der Waals surface area contributed by atoms with Gasteiger partial charge < -0.3 is 9.47 Å². The van der Waals surface area contributed by atoms with E-state index in [2.05, 4.69) is 18.2 Å². The van der Waals surface area contributed by atoms with Crippen LogP contribution in [0.3, 0.4) is 0 Å². The van der Waals surface area contributed by atoms with Crippen LogP contribution >= 0.6 is 0 Å². The van der Waals surface area contributed by atoms with Gasteiger partial charge in [0.1, 0.15) is 5.75 Å². The van der Waals surface area contributed by atoms with Crippen molar-refractivity contribution in [1.29, 1.82) is 0 Å². The van der Waals surface area contributed by atoms with Crippen molar-refractivity contribution < 1.29 is 9.47 Å². The Bertz CT molecular complexity index is 317. The summed E-state index contributed by atoms with van der Waals surface area (Å²) in [6, 6.07) is 8.07. The molecule has 2 heteroatoms. The summed E-state index contributed by atoms with van der Waals surface area (Å²) < 4.78 is 10.4. The van der Waals surface area contributed by atoms with Crippen LogP contribution in [0.25, 0.3) is 6.08 Å². The van der Waals surface area contributed by atoms with Gasteiger partial charge in [-0.25, -0.2) is 0 Å². The minimum absolute atomic E-state index is 0.784. The maximum atomic E-state index is 5.28. The van der Waals surface area contributed by atoms with Crippen LogP contribution in [0.4, 0.5) is 0 Å². The molecule has 1 aromatic carbocycles. The van der Waals surface area contributed by atoms with Crippen LogP contribution in [-0.2, 0) is 4.74 Å². The molecular weight excluding hydrogens is 176 g/mol. The van der Waals surface area contributed by atoms with E-state index in [9.17, 15) is 0 Å². The van der Waals surface area contributed by atoms with Gasteiger partial charge in [-0.2, -0.15) is 0 Å². The molecule has 0 radical (unpaired) electrons. The Hall–Kier alpha value is -1.28. The SMILES string of the molecule is COc1ccc(C=C2CCOC2)cc1. The third-order valence-electron chi connectivity index (χ3n) is 2.34. The third kappa shape index (κ3) is 2.15. The van der Waals surface area contributed by atoms with E-state index in [1.165, 1.54) is 11.1 Å². The van der Waals surface area contributed by atoms with Crippen molar-refractivity contribution in [3.63, 3.8) is 0 Å². The summed E-state index contributed by atoms with van der Waals surface area (Å²) in [5.74, 6) is 0.898. The van der Waals surface area contributed by atoms with E-state index in [1.54, 1.807) is 7.11 Å². The van der Waals surface area contributed by atoms with Crippen molar-refractivity contribution in [2.75, 3.05) is 20.3 Å². The molecule has 1 aromatic rings. The lowest BCUT2D eigenvalue weighted by atomic mass is 10.1. The highest BCUT2D eigenvalue weighted by Gasteiger charge is 2.05. The first-order chi connectivity index (χ1) is 6.88. The number of hydrogen-bond donors (Lipinski definition) is 0. The molecule has 0 spiro atoms. The molecule has 74 valence electrons. The average molecular weight is 190 g/mol. The number of methoxy groups -OCH3 is 1. The van der Waals surface area contributed by atoms with Crippen molar-refractivity contribution in [2.45, 2.75) is 6.42 Å². The zero-order valence-electron chi connectivity index (χ0n) is 8.32. The standard InChI is InChI=1S/C12H14O2/c1-13-12-4-2-10(3-5-12)8-11-6-7-14-9-11/h2-5,8H,6-7,9H2,1H3. The van der Waals surface area contributed by atoms with Crippen LogP contribution in [-0.4, -0.2) is 20.3 Å². The largest absolute Gasteiger partial charge is 0.497 e. The van der Waals surface area contributed by atoms with Crippen LogP contribution in [0.5, 0.6) is 5.75 Å². The number of hydrogen-bond acceptors (Lipinski definition) is 2. The first kappa shape index (κ1) is 9.28. The van der Waals surface area contributed by atoms with Gasteiger partial charge in [-0.3, -0.25) is 0 Å². The van der Waals surface area contributed by atoms with Gasteiger partial charge in [0.15, 0.2) is 0 Å². The Balaban J connectivity index is 2.12. The molecule has 1 fully saturated rings. The highest BCUT2D eigenvalue weighted by Crippen LogP contribution is 2.17. The van der Waals surface area contributed by atoms with E-state index in [0.717, 1.165) is 25.4 Å². The summed E-state index contributed by atoms with van der Waals surface area (Å²) in [5, 5.41) is 0. The zero-order valence-corrected chi connectivity index (χ0v) is 8.32. The molecule has 0 aromatic heterocycles. The van der Waals surface area contributed by atoms with Crippen molar-refractivity contribution in [1.82, 2.24) is 0 Å². The van der Waals surface area contributed by atoms with Crippen LogP contribution in [0, 0.1) is 0 Å². The molecule has 14 heavy (non-hydrogen) atoms. The van der Waals surface area contributed by atoms with Gasteiger partial charge in [-0.15, -0.1) is 0 Å². The lowest BCUT2D eigenvalue weighted by Gasteiger charge is -2.00. The zero-order chi connectivity index (χ0) is 9.80. The smallest absolute Gasteiger partial charge is 0.118 e. The van der Waals surface area contributed by atoms with Crippen LogP contribution < -0.4 is 4.74 Å². The van der Waals surface area contributed by atoms with Gasteiger partial charge in [0, 0.05) is 0 Å². The van der Waals surface area contributed by atoms with Crippen LogP contribution in [0.15, 0.2) is 29.8 Å². The fraction of sp³-hybridized carbons (Fsp3) is 0.333. The Labute approximate surface area is 84.2 Å². The number of rotatable bonds is 2. The fourth-order valence-electron chi connectivity index (χ4n) is 1.53. The second-order valence-corrected chi connectivity index (χ2v) is 3.38. The molecule has 0 N–H and O–H groups in total. The number of ether oxygens (including phenoxy) is 2. The monoisotopic (exact) mass is 190 g/mol. The summed E-state index contributed by atoms with van der Waals surface area (Å²) >= 11 is 0. The maximum Gasteiger partial charge on any atom is 0.118 e. The van der Waals surface area contributed by atoms with Gasteiger partial charge in [-0.05, 0) is 29.7 Å². The molecule has 0 bridgehead atoms. The Morgan fingerprint density at radius 1 is 1.29 bits per heavy atom. The minimum atomic E-state index is 0.784. The van der Waals surface area contributed by atoms with Crippen molar-refractivity contribution >= 4 is 6.08 Å². The van der Waals surface area contributed by atoms with E-state index in [0.29, 0.717) is 0 Å². The summed E-state index contributed by atoms with van der Waals surface area (Å²) in [5.41, 5.74) is 2.58. The first-order valence-electron chi connectivity index (χ1n) is 4.80. The van der Waals surface area contributed by atoms with Gasteiger partial charge in [-0.1, -0.05) is 18.2 Å². The summed E-state index contributed by atoms with van der Waals surface area (Å²) in [7, 11) is 1.68. The topological polar surface area (TPSA) is 18.5 Å².